The van der Waals surface area contributed by atoms with E-state index in [0.717, 1.165) is 13.0 Å². The van der Waals surface area contributed by atoms with Crippen molar-refractivity contribution in [3.8, 4) is 0 Å². The van der Waals surface area contributed by atoms with E-state index in [4.69, 9.17) is 0 Å². The minimum atomic E-state index is -0.261. The van der Waals surface area contributed by atoms with Gasteiger partial charge in [0, 0.05) is 6.54 Å². The van der Waals surface area contributed by atoms with Gasteiger partial charge in [0.2, 0.25) is 0 Å². The number of hydrogen-bond acceptors (Lipinski definition) is 1. The molecule has 0 saturated heterocycles. The average molecular weight is 128 g/mol. The second kappa shape index (κ2) is 2.62. The SMILES string of the molecule is CCCn1cc(F)cn1. The maximum atomic E-state index is 12.2. The first-order valence-electron chi connectivity index (χ1n) is 3.01. The molecule has 0 spiro atoms. The molecule has 0 N–H and O–H groups in total. The summed E-state index contributed by atoms with van der Waals surface area (Å²) >= 11 is 0. The van der Waals surface area contributed by atoms with Crippen molar-refractivity contribution in [3.63, 3.8) is 0 Å². The van der Waals surface area contributed by atoms with E-state index >= 15 is 0 Å². The Kier molecular flexibility index (Phi) is 1.82. The van der Waals surface area contributed by atoms with Crippen molar-refractivity contribution in [3.05, 3.63) is 18.2 Å². The summed E-state index contributed by atoms with van der Waals surface area (Å²) in [5, 5.41) is 3.75. The van der Waals surface area contributed by atoms with Crippen LogP contribution < -0.4 is 0 Å². The lowest BCUT2D eigenvalue weighted by Gasteiger charge is -1.92. The molecule has 1 rings (SSSR count). The number of hydrogen-bond donors (Lipinski definition) is 0. The van der Waals surface area contributed by atoms with E-state index < -0.39 is 0 Å². The van der Waals surface area contributed by atoms with Crippen molar-refractivity contribution in [2.45, 2.75) is 19.9 Å². The maximum absolute atomic E-state index is 12.2. The monoisotopic (exact) mass is 128 g/mol. The van der Waals surface area contributed by atoms with Gasteiger partial charge < -0.3 is 0 Å². The molecular formula is C6H9FN2. The van der Waals surface area contributed by atoms with Crippen LogP contribution in [0, 0.1) is 5.82 Å². The van der Waals surface area contributed by atoms with Crippen molar-refractivity contribution < 1.29 is 4.39 Å². The van der Waals surface area contributed by atoms with Crippen LogP contribution >= 0.6 is 0 Å². The predicted octanol–water partition coefficient (Wildman–Crippen LogP) is 1.43. The van der Waals surface area contributed by atoms with Gasteiger partial charge in [-0.15, -0.1) is 0 Å². The molecule has 0 bridgehead atoms. The third-order valence-electron chi connectivity index (χ3n) is 1.05. The molecule has 0 aliphatic carbocycles. The molecule has 0 radical (unpaired) electrons. The molecule has 1 heterocycles. The van der Waals surface area contributed by atoms with E-state index in [-0.39, 0.29) is 5.82 Å². The van der Waals surface area contributed by atoms with Crippen LogP contribution in [0.1, 0.15) is 13.3 Å². The zero-order chi connectivity index (χ0) is 6.69. The lowest BCUT2D eigenvalue weighted by molar-refractivity contribution is 0.588. The van der Waals surface area contributed by atoms with Crippen molar-refractivity contribution in [2.24, 2.45) is 0 Å². The number of nitrogens with zero attached hydrogens (tertiary/aromatic N) is 2. The zero-order valence-corrected chi connectivity index (χ0v) is 5.34. The Hall–Kier alpha value is -0.860. The number of aryl methyl sites for hydroxylation is 1. The first kappa shape index (κ1) is 6.26. The van der Waals surface area contributed by atoms with Crippen molar-refractivity contribution in [2.75, 3.05) is 0 Å². The normalized spacial score (nSPS) is 10.0. The topological polar surface area (TPSA) is 17.8 Å². The standard InChI is InChI=1S/C6H9FN2/c1-2-3-9-5-6(7)4-8-9/h4-5H,2-3H2,1H3. The Morgan fingerprint density at radius 2 is 2.56 bits per heavy atom. The summed E-state index contributed by atoms with van der Waals surface area (Å²) in [5.74, 6) is -0.261. The molecule has 50 valence electrons. The highest BCUT2D eigenvalue weighted by molar-refractivity contribution is 4.83. The van der Waals surface area contributed by atoms with Crippen molar-refractivity contribution >= 4 is 0 Å². The smallest absolute Gasteiger partial charge is 0.161 e. The second-order valence-corrected chi connectivity index (χ2v) is 1.92. The summed E-state index contributed by atoms with van der Waals surface area (Å²) < 4.78 is 13.8. The fourth-order valence-electron chi connectivity index (χ4n) is 0.690. The summed E-state index contributed by atoms with van der Waals surface area (Å²) in [6.07, 6.45) is 3.60. The van der Waals surface area contributed by atoms with Gasteiger partial charge in [-0.1, -0.05) is 6.92 Å². The highest BCUT2D eigenvalue weighted by Crippen LogP contribution is 1.93. The van der Waals surface area contributed by atoms with E-state index in [2.05, 4.69) is 5.10 Å². The fourth-order valence-corrected chi connectivity index (χ4v) is 0.690. The number of rotatable bonds is 2. The maximum Gasteiger partial charge on any atom is 0.161 e. The minimum absolute atomic E-state index is 0.261. The van der Waals surface area contributed by atoms with Gasteiger partial charge in [-0.3, -0.25) is 4.68 Å². The van der Waals surface area contributed by atoms with Gasteiger partial charge in [0.25, 0.3) is 0 Å². The number of halogens is 1. The minimum Gasteiger partial charge on any atom is -0.270 e. The Labute approximate surface area is 53.3 Å². The van der Waals surface area contributed by atoms with Gasteiger partial charge in [0.05, 0.1) is 12.4 Å². The predicted molar refractivity (Wildman–Crippen MR) is 32.5 cm³/mol. The van der Waals surface area contributed by atoms with Gasteiger partial charge in [-0.25, -0.2) is 4.39 Å². The third-order valence-corrected chi connectivity index (χ3v) is 1.05. The summed E-state index contributed by atoms with van der Waals surface area (Å²) in [5.41, 5.74) is 0. The van der Waals surface area contributed by atoms with Crippen LogP contribution in [0.2, 0.25) is 0 Å². The van der Waals surface area contributed by atoms with Gasteiger partial charge in [-0.05, 0) is 6.42 Å². The summed E-state index contributed by atoms with van der Waals surface area (Å²) in [4.78, 5) is 0. The lowest BCUT2D eigenvalue weighted by atomic mass is 10.5. The van der Waals surface area contributed by atoms with Crippen LogP contribution in [0.25, 0.3) is 0 Å². The molecule has 0 aliphatic rings. The van der Waals surface area contributed by atoms with Crippen LogP contribution in [0.4, 0.5) is 4.39 Å². The van der Waals surface area contributed by atoms with E-state index in [1.165, 1.54) is 12.4 Å². The van der Waals surface area contributed by atoms with Gasteiger partial charge in [-0.2, -0.15) is 5.10 Å². The first-order valence-corrected chi connectivity index (χ1v) is 3.01. The summed E-state index contributed by atoms with van der Waals surface area (Å²) in [6.45, 7) is 2.82. The Morgan fingerprint density at radius 1 is 1.78 bits per heavy atom. The summed E-state index contributed by atoms with van der Waals surface area (Å²) in [6, 6.07) is 0. The Balaban J connectivity index is 2.61. The molecule has 1 aromatic rings. The van der Waals surface area contributed by atoms with Gasteiger partial charge in [0.15, 0.2) is 5.82 Å². The van der Waals surface area contributed by atoms with Gasteiger partial charge in [0.1, 0.15) is 0 Å². The van der Waals surface area contributed by atoms with Crippen LogP contribution in [-0.4, -0.2) is 9.78 Å². The molecule has 0 aliphatic heterocycles. The van der Waals surface area contributed by atoms with Crippen LogP contribution in [0.5, 0.6) is 0 Å². The Bertz CT molecular complexity index is 183. The van der Waals surface area contributed by atoms with Gasteiger partial charge >= 0.3 is 0 Å². The Morgan fingerprint density at radius 3 is 3.00 bits per heavy atom. The van der Waals surface area contributed by atoms with Crippen LogP contribution in [0.3, 0.4) is 0 Å². The molecule has 2 nitrogen and oxygen atoms in total. The quantitative estimate of drug-likeness (QED) is 0.589. The first-order chi connectivity index (χ1) is 4.33. The molecular weight excluding hydrogens is 119 g/mol. The lowest BCUT2D eigenvalue weighted by Crippen LogP contribution is -1.95. The third kappa shape index (κ3) is 1.52. The largest absolute Gasteiger partial charge is 0.270 e. The molecule has 0 fully saturated rings. The molecule has 9 heavy (non-hydrogen) atoms. The molecule has 1 aromatic heterocycles. The van der Waals surface area contributed by atoms with E-state index in [1.807, 2.05) is 6.92 Å². The van der Waals surface area contributed by atoms with E-state index in [1.54, 1.807) is 4.68 Å². The highest BCUT2D eigenvalue weighted by atomic mass is 19.1. The number of aromatic nitrogens is 2. The van der Waals surface area contributed by atoms with E-state index in [0.29, 0.717) is 0 Å². The second-order valence-electron chi connectivity index (χ2n) is 1.92. The molecule has 0 atom stereocenters. The van der Waals surface area contributed by atoms with E-state index in [9.17, 15) is 4.39 Å². The highest BCUT2D eigenvalue weighted by Gasteiger charge is 1.92. The average Bonchev–Trinajstić information content (AvgIpc) is 2.17. The van der Waals surface area contributed by atoms with Crippen LogP contribution in [-0.2, 0) is 6.54 Å². The fraction of sp³-hybridized carbons (Fsp3) is 0.500. The molecule has 0 unspecified atom stereocenters. The molecule has 3 heteroatoms. The van der Waals surface area contributed by atoms with Crippen LogP contribution in [0.15, 0.2) is 12.4 Å². The molecule has 0 aromatic carbocycles. The summed E-state index contributed by atoms with van der Waals surface area (Å²) in [7, 11) is 0. The molecule has 0 saturated carbocycles. The van der Waals surface area contributed by atoms with Crippen molar-refractivity contribution in [1.29, 1.82) is 0 Å². The van der Waals surface area contributed by atoms with Crippen molar-refractivity contribution in [1.82, 2.24) is 9.78 Å². The molecule has 0 amide bonds. The zero-order valence-electron chi connectivity index (χ0n) is 5.34.